The molecule has 0 radical (unpaired) electrons. The summed E-state index contributed by atoms with van der Waals surface area (Å²) in [4.78, 5) is 12.3. The Morgan fingerprint density at radius 3 is 2.44 bits per heavy atom. The lowest BCUT2D eigenvalue weighted by molar-refractivity contribution is 0.102. The molecule has 1 aromatic carbocycles. The van der Waals surface area contributed by atoms with E-state index in [2.05, 4.69) is 15.5 Å². The molecule has 2 heterocycles. The van der Waals surface area contributed by atoms with Crippen molar-refractivity contribution in [3.8, 4) is 0 Å². The number of aryl methyl sites for hydroxylation is 1. The Balaban J connectivity index is 1.74. The highest BCUT2D eigenvalue weighted by Crippen LogP contribution is 2.22. The van der Waals surface area contributed by atoms with Gasteiger partial charge >= 0.3 is 0 Å². The molecule has 3 rings (SSSR count). The van der Waals surface area contributed by atoms with E-state index in [4.69, 9.17) is 23.2 Å². The second kappa shape index (κ2) is 7.25. The van der Waals surface area contributed by atoms with Crippen LogP contribution in [-0.2, 0) is 13.1 Å². The van der Waals surface area contributed by atoms with E-state index < -0.39 is 5.91 Å². The molecule has 0 fully saturated rings. The van der Waals surface area contributed by atoms with Crippen LogP contribution in [-0.4, -0.2) is 25.5 Å². The number of nitrogens with one attached hydrogen (secondary N) is 1. The highest BCUT2D eigenvalue weighted by atomic mass is 35.5. The van der Waals surface area contributed by atoms with E-state index in [1.165, 1.54) is 12.1 Å². The van der Waals surface area contributed by atoms with Gasteiger partial charge in [-0.25, -0.2) is 4.39 Å². The number of anilines is 1. The van der Waals surface area contributed by atoms with E-state index in [0.29, 0.717) is 13.1 Å². The van der Waals surface area contributed by atoms with E-state index in [-0.39, 0.29) is 27.4 Å². The fourth-order valence-corrected chi connectivity index (χ4v) is 2.65. The predicted molar refractivity (Wildman–Crippen MR) is 93.6 cm³/mol. The fraction of sp³-hybridized carbons (Fsp3) is 0.188. The molecule has 2 aromatic heterocycles. The molecule has 0 aliphatic heterocycles. The summed E-state index contributed by atoms with van der Waals surface area (Å²) in [5.74, 6) is -0.597. The molecule has 0 saturated heterocycles. The molecule has 0 atom stereocenters. The minimum Gasteiger partial charge on any atom is -0.302 e. The summed E-state index contributed by atoms with van der Waals surface area (Å²) in [6.07, 6.45) is 3.15. The second-order valence-electron chi connectivity index (χ2n) is 5.29. The molecule has 0 bridgehead atoms. The quantitative estimate of drug-likeness (QED) is 0.729. The summed E-state index contributed by atoms with van der Waals surface area (Å²) < 4.78 is 16.1. The monoisotopic (exact) mass is 381 g/mol. The number of nitrogens with zero attached hydrogens (tertiary/aromatic N) is 4. The average molecular weight is 382 g/mol. The van der Waals surface area contributed by atoms with Crippen molar-refractivity contribution in [3.63, 3.8) is 0 Å². The lowest BCUT2D eigenvalue weighted by atomic mass is 10.2. The summed E-state index contributed by atoms with van der Waals surface area (Å²) in [5, 5.41) is 11.5. The molecule has 130 valence electrons. The van der Waals surface area contributed by atoms with Crippen LogP contribution in [0.3, 0.4) is 0 Å². The van der Waals surface area contributed by atoms with Gasteiger partial charge in [0.25, 0.3) is 5.91 Å². The smallest absolute Gasteiger partial charge is 0.278 e. The first-order valence-corrected chi connectivity index (χ1v) is 8.23. The Hall–Kier alpha value is -2.38. The van der Waals surface area contributed by atoms with Crippen molar-refractivity contribution in [2.45, 2.75) is 20.0 Å². The highest BCUT2D eigenvalue weighted by Gasteiger charge is 2.18. The van der Waals surface area contributed by atoms with Gasteiger partial charge in [0.15, 0.2) is 11.5 Å². The minimum absolute atomic E-state index is 0.104. The maximum atomic E-state index is 12.9. The van der Waals surface area contributed by atoms with Crippen LogP contribution in [0.2, 0.25) is 10.0 Å². The molecule has 0 spiro atoms. The van der Waals surface area contributed by atoms with Crippen molar-refractivity contribution in [3.05, 3.63) is 63.8 Å². The first kappa shape index (κ1) is 17.4. The fourth-order valence-electron chi connectivity index (χ4n) is 2.22. The van der Waals surface area contributed by atoms with Gasteiger partial charge in [-0.15, -0.1) is 0 Å². The first-order valence-electron chi connectivity index (χ1n) is 7.48. The van der Waals surface area contributed by atoms with Gasteiger partial charge in [-0.2, -0.15) is 10.2 Å². The maximum Gasteiger partial charge on any atom is 0.278 e. The Kier molecular flexibility index (Phi) is 5.06. The number of hydrogen-bond acceptors (Lipinski definition) is 3. The molecule has 25 heavy (non-hydrogen) atoms. The molecule has 0 unspecified atom stereocenters. The van der Waals surface area contributed by atoms with Crippen LogP contribution in [0.25, 0.3) is 0 Å². The van der Waals surface area contributed by atoms with Crippen LogP contribution in [0.5, 0.6) is 0 Å². The van der Waals surface area contributed by atoms with Crippen LogP contribution < -0.4 is 5.32 Å². The zero-order chi connectivity index (χ0) is 18.0. The number of benzene rings is 1. The molecule has 0 aliphatic rings. The molecule has 3 aromatic rings. The van der Waals surface area contributed by atoms with Crippen LogP contribution in [0.15, 0.2) is 36.7 Å². The van der Waals surface area contributed by atoms with E-state index in [1.54, 1.807) is 33.9 Å². The van der Waals surface area contributed by atoms with E-state index in [0.717, 1.165) is 5.56 Å². The lowest BCUT2D eigenvalue weighted by Gasteiger charge is -2.02. The summed E-state index contributed by atoms with van der Waals surface area (Å²) in [6, 6.07) is 6.05. The van der Waals surface area contributed by atoms with Gasteiger partial charge in [-0.1, -0.05) is 35.3 Å². The van der Waals surface area contributed by atoms with Crippen molar-refractivity contribution < 1.29 is 9.18 Å². The standard InChI is InChI=1S/C16H14Cl2FN5O/c1-2-23-8-12(17)14(21-23)16(25)20-15-13(18)9-24(22-15)7-10-3-5-11(19)6-4-10/h3-6,8-9H,2,7H2,1H3,(H,20,22,25). The number of amides is 1. The third kappa shape index (κ3) is 4.00. The van der Waals surface area contributed by atoms with E-state index in [1.807, 2.05) is 6.92 Å². The van der Waals surface area contributed by atoms with Gasteiger partial charge in [0.2, 0.25) is 0 Å². The number of carbonyl (C=O) groups excluding carboxylic acids is 1. The van der Waals surface area contributed by atoms with Gasteiger partial charge in [0.05, 0.1) is 11.6 Å². The van der Waals surface area contributed by atoms with Gasteiger partial charge in [0, 0.05) is 18.9 Å². The molecule has 1 amide bonds. The topological polar surface area (TPSA) is 64.7 Å². The molecule has 6 nitrogen and oxygen atoms in total. The Morgan fingerprint density at radius 1 is 1.12 bits per heavy atom. The van der Waals surface area contributed by atoms with Gasteiger partial charge in [-0.05, 0) is 24.6 Å². The molecular formula is C16H14Cl2FN5O. The molecule has 9 heteroatoms. The number of halogens is 3. The molecular weight excluding hydrogens is 368 g/mol. The second-order valence-corrected chi connectivity index (χ2v) is 6.10. The third-order valence-electron chi connectivity index (χ3n) is 3.46. The summed E-state index contributed by atoms with van der Waals surface area (Å²) >= 11 is 12.1. The normalized spacial score (nSPS) is 10.9. The zero-order valence-corrected chi connectivity index (χ0v) is 14.7. The van der Waals surface area contributed by atoms with Crippen molar-refractivity contribution in [1.29, 1.82) is 0 Å². The van der Waals surface area contributed by atoms with Crippen LogP contribution in [0, 0.1) is 5.82 Å². The van der Waals surface area contributed by atoms with E-state index >= 15 is 0 Å². The number of rotatable bonds is 5. The predicted octanol–water partition coefficient (Wildman–Crippen LogP) is 3.85. The Labute approximate surface area is 153 Å². The molecule has 1 N–H and O–H groups in total. The van der Waals surface area contributed by atoms with Gasteiger partial charge in [-0.3, -0.25) is 14.2 Å². The average Bonchev–Trinajstić information content (AvgIpc) is 3.12. The minimum atomic E-state index is -0.494. The Bertz CT molecular complexity index is 904. The summed E-state index contributed by atoms with van der Waals surface area (Å²) in [5.41, 5.74) is 0.954. The van der Waals surface area contributed by atoms with Crippen molar-refractivity contribution in [2.24, 2.45) is 0 Å². The first-order chi connectivity index (χ1) is 12.0. The third-order valence-corrected chi connectivity index (χ3v) is 4.02. The largest absolute Gasteiger partial charge is 0.302 e. The Morgan fingerprint density at radius 2 is 1.80 bits per heavy atom. The maximum absolute atomic E-state index is 12.9. The highest BCUT2D eigenvalue weighted by molar-refractivity contribution is 6.35. The van der Waals surface area contributed by atoms with E-state index in [9.17, 15) is 9.18 Å². The summed E-state index contributed by atoms with van der Waals surface area (Å²) in [7, 11) is 0. The van der Waals surface area contributed by atoms with Crippen LogP contribution >= 0.6 is 23.2 Å². The number of aromatic nitrogens is 4. The number of carbonyl (C=O) groups is 1. The van der Waals surface area contributed by atoms with Crippen molar-refractivity contribution >= 4 is 34.9 Å². The van der Waals surface area contributed by atoms with Crippen LogP contribution in [0.1, 0.15) is 23.0 Å². The van der Waals surface area contributed by atoms with Crippen molar-refractivity contribution in [2.75, 3.05) is 5.32 Å². The number of hydrogen-bond donors (Lipinski definition) is 1. The summed E-state index contributed by atoms with van der Waals surface area (Å²) in [6.45, 7) is 2.88. The van der Waals surface area contributed by atoms with Crippen LogP contribution in [0.4, 0.5) is 10.2 Å². The lowest BCUT2D eigenvalue weighted by Crippen LogP contribution is -2.15. The van der Waals surface area contributed by atoms with Gasteiger partial charge in [0.1, 0.15) is 10.8 Å². The SMILES string of the molecule is CCn1cc(Cl)c(C(=O)Nc2nn(Cc3ccc(F)cc3)cc2Cl)n1. The van der Waals surface area contributed by atoms with Gasteiger partial charge < -0.3 is 5.32 Å². The molecule has 0 aliphatic carbocycles. The molecule has 0 saturated carbocycles. The zero-order valence-electron chi connectivity index (χ0n) is 13.2. The van der Waals surface area contributed by atoms with Crippen molar-refractivity contribution in [1.82, 2.24) is 19.6 Å².